The fourth-order valence-electron chi connectivity index (χ4n) is 2.91. The molecule has 3 rings (SSSR count). The maximum atomic E-state index is 12.6. The first-order chi connectivity index (χ1) is 12.8. The van der Waals surface area contributed by atoms with E-state index in [0.717, 1.165) is 15.3 Å². The van der Waals surface area contributed by atoms with Gasteiger partial charge in [0.2, 0.25) is 5.91 Å². The molecule has 0 saturated carbocycles. The monoisotopic (exact) mass is 406 g/mol. The molecule has 3 aromatic heterocycles. The topological polar surface area (TPSA) is 97.6 Å². The van der Waals surface area contributed by atoms with Gasteiger partial charge in [-0.2, -0.15) is 5.10 Å². The minimum Gasteiger partial charge on any atom is -0.349 e. The molecule has 0 atom stereocenters. The lowest BCUT2D eigenvalue weighted by Crippen LogP contribution is -2.28. The van der Waals surface area contributed by atoms with E-state index in [4.69, 9.17) is 12.2 Å². The summed E-state index contributed by atoms with van der Waals surface area (Å²) in [5.41, 5.74) is 0.859. The number of aromatic nitrogens is 5. The van der Waals surface area contributed by atoms with Crippen molar-refractivity contribution in [3.8, 4) is 0 Å². The molecule has 3 heterocycles. The van der Waals surface area contributed by atoms with Crippen LogP contribution in [0.5, 0.6) is 0 Å². The molecule has 27 heavy (non-hydrogen) atoms. The van der Waals surface area contributed by atoms with Crippen molar-refractivity contribution in [2.75, 3.05) is 0 Å². The zero-order valence-corrected chi connectivity index (χ0v) is 17.3. The third-order valence-electron chi connectivity index (χ3n) is 4.47. The average molecular weight is 407 g/mol. The van der Waals surface area contributed by atoms with Crippen LogP contribution in [0, 0.1) is 18.6 Å². The molecule has 144 valence electrons. The second-order valence-corrected chi connectivity index (χ2v) is 8.23. The number of thiophene rings is 1. The van der Waals surface area contributed by atoms with Crippen LogP contribution in [0.4, 0.5) is 0 Å². The number of aryl methyl sites for hydroxylation is 3. The Morgan fingerprint density at radius 2 is 2.15 bits per heavy atom. The SMILES string of the molecule is Cc1sc2ncn(CCC(=O)NCc3n[nH]c(=S)n3C(C)C)c(=O)c2c1C. The molecule has 0 unspecified atom stereocenters. The fourth-order valence-corrected chi connectivity index (χ4v) is 4.26. The normalized spacial score (nSPS) is 11.4. The number of fused-ring (bicyclic) bond motifs is 1. The highest BCUT2D eigenvalue weighted by atomic mass is 32.1. The summed E-state index contributed by atoms with van der Waals surface area (Å²) in [4.78, 5) is 31.0. The van der Waals surface area contributed by atoms with E-state index < -0.39 is 0 Å². The van der Waals surface area contributed by atoms with E-state index in [1.54, 1.807) is 0 Å². The Hall–Kier alpha value is -2.33. The summed E-state index contributed by atoms with van der Waals surface area (Å²) in [7, 11) is 0. The molecule has 0 aliphatic carbocycles. The van der Waals surface area contributed by atoms with Crippen LogP contribution in [-0.2, 0) is 17.9 Å². The summed E-state index contributed by atoms with van der Waals surface area (Å²) in [5, 5.41) is 10.4. The fraction of sp³-hybridized carbons (Fsp3) is 0.471. The average Bonchev–Trinajstić information content (AvgIpc) is 3.12. The highest BCUT2D eigenvalue weighted by Gasteiger charge is 2.14. The van der Waals surface area contributed by atoms with Gasteiger partial charge in [0.1, 0.15) is 4.83 Å². The van der Waals surface area contributed by atoms with Gasteiger partial charge in [0.25, 0.3) is 5.56 Å². The minimum absolute atomic E-state index is 0.102. The standard InChI is InChI=1S/C17H22N6O2S2/c1-9(2)23-12(20-21-17(23)26)7-18-13(24)5-6-22-8-19-15-14(16(22)25)10(3)11(4)27-15/h8-9H,5-7H2,1-4H3,(H,18,24)(H,21,26). The van der Waals surface area contributed by atoms with Crippen molar-refractivity contribution >= 4 is 39.7 Å². The van der Waals surface area contributed by atoms with Gasteiger partial charge in [0.05, 0.1) is 18.3 Å². The van der Waals surface area contributed by atoms with Gasteiger partial charge in [0, 0.05) is 23.9 Å². The number of nitrogens with one attached hydrogen (secondary N) is 2. The van der Waals surface area contributed by atoms with E-state index in [2.05, 4.69) is 20.5 Å². The van der Waals surface area contributed by atoms with Crippen LogP contribution in [0.3, 0.4) is 0 Å². The molecule has 0 aliphatic heterocycles. The lowest BCUT2D eigenvalue weighted by molar-refractivity contribution is -0.121. The Bertz CT molecular complexity index is 1110. The zero-order chi connectivity index (χ0) is 19.7. The molecular weight excluding hydrogens is 384 g/mol. The molecule has 0 aromatic carbocycles. The number of rotatable bonds is 6. The van der Waals surface area contributed by atoms with Gasteiger partial charge in [-0.25, -0.2) is 4.98 Å². The molecule has 8 nitrogen and oxygen atoms in total. The van der Waals surface area contributed by atoms with Crippen molar-refractivity contribution in [1.29, 1.82) is 0 Å². The lowest BCUT2D eigenvalue weighted by Gasteiger charge is -2.11. The van der Waals surface area contributed by atoms with E-state index in [-0.39, 0.29) is 37.0 Å². The van der Waals surface area contributed by atoms with Gasteiger partial charge >= 0.3 is 0 Å². The number of H-pyrrole nitrogens is 1. The number of hydrogen-bond donors (Lipinski definition) is 2. The van der Waals surface area contributed by atoms with E-state index in [1.807, 2.05) is 32.3 Å². The highest BCUT2D eigenvalue weighted by Crippen LogP contribution is 2.25. The smallest absolute Gasteiger partial charge is 0.262 e. The molecule has 0 aliphatic rings. The maximum absolute atomic E-state index is 12.6. The maximum Gasteiger partial charge on any atom is 0.262 e. The van der Waals surface area contributed by atoms with Crippen molar-refractivity contribution in [2.24, 2.45) is 0 Å². The third-order valence-corrected chi connectivity index (χ3v) is 5.88. The Morgan fingerprint density at radius 3 is 2.85 bits per heavy atom. The van der Waals surface area contributed by atoms with Crippen LogP contribution in [-0.4, -0.2) is 30.2 Å². The summed E-state index contributed by atoms with van der Waals surface area (Å²) in [6, 6.07) is 0.150. The van der Waals surface area contributed by atoms with Crippen LogP contribution in [0.2, 0.25) is 0 Å². The van der Waals surface area contributed by atoms with Crippen LogP contribution in [0.1, 0.15) is 42.6 Å². The van der Waals surface area contributed by atoms with Crippen LogP contribution < -0.4 is 10.9 Å². The van der Waals surface area contributed by atoms with Crippen molar-refractivity contribution in [3.05, 3.63) is 37.7 Å². The molecule has 0 saturated heterocycles. The number of aromatic amines is 1. The Balaban J connectivity index is 1.66. The second kappa shape index (κ2) is 7.73. The summed E-state index contributed by atoms with van der Waals surface area (Å²) in [6.07, 6.45) is 1.69. The molecule has 3 aromatic rings. The van der Waals surface area contributed by atoms with Crippen molar-refractivity contribution in [3.63, 3.8) is 0 Å². The van der Waals surface area contributed by atoms with E-state index in [1.165, 1.54) is 22.2 Å². The van der Waals surface area contributed by atoms with Crippen LogP contribution >= 0.6 is 23.6 Å². The predicted octanol–water partition coefficient (Wildman–Crippen LogP) is 2.62. The van der Waals surface area contributed by atoms with Crippen molar-refractivity contribution in [1.82, 2.24) is 29.6 Å². The Labute approximate surface area is 165 Å². The van der Waals surface area contributed by atoms with Gasteiger partial charge < -0.3 is 9.88 Å². The second-order valence-electron chi connectivity index (χ2n) is 6.64. The summed E-state index contributed by atoms with van der Waals surface area (Å²) >= 11 is 6.71. The number of carbonyl (C=O) groups excluding carboxylic acids is 1. The molecule has 1 amide bonds. The van der Waals surface area contributed by atoms with Crippen LogP contribution in [0.25, 0.3) is 10.2 Å². The Kier molecular flexibility index (Phi) is 5.56. The van der Waals surface area contributed by atoms with E-state index >= 15 is 0 Å². The first-order valence-corrected chi connectivity index (χ1v) is 9.89. The predicted molar refractivity (Wildman–Crippen MR) is 108 cm³/mol. The molecule has 0 radical (unpaired) electrons. The van der Waals surface area contributed by atoms with Gasteiger partial charge in [-0.1, -0.05) is 0 Å². The number of carbonyl (C=O) groups is 1. The zero-order valence-electron chi connectivity index (χ0n) is 15.7. The van der Waals surface area contributed by atoms with Gasteiger partial charge in [-0.3, -0.25) is 19.3 Å². The molecule has 0 bridgehead atoms. The molecule has 0 fully saturated rings. The van der Waals surface area contributed by atoms with Gasteiger partial charge in [-0.05, 0) is 45.5 Å². The highest BCUT2D eigenvalue weighted by molar-refractivity contribution is 7.71. The van der Waals surface area contributed by atoms with Gasteiger partial charge in [-0.15, -0.1) is 11.3 Å². The lowest BCUT2D eigenvalue weighted by atomic mass is 10.2. The molecule has 2 N–H and O–H groups in total. The van der Waals surface area contributed by atoms with Crippen molar-refractivity contribution < 1.29 is 4.79 Å². The molecule has 10 heteroatoms. The minimum atomic E-state index is -0.163. The number of amides is 1. The van der Waals surface area contributed by atoms with Crippen molar-refractivity contribution in [2.45, 2.75) is 53.2 Å². The first kappa shape index (κ1) is 19.4. The summed E-state index contributed by atoms with van der Waals surface area (Å²) in [5.74, 6) is 0.511. The third kappa shape index (κ3) is 3.86. The Morgan fingerprint density at radius 1 is 1.41 bits per heavy atom. The largest absolute Gasteiger partial charge is 0.349 e. The summed E-state index contributed by atoms with van der Waals surface area (Å²) < 4.78 is 3.88. The van der Waals surface area contributed by atoms with E-state index in [0.29, 0.717) is 16.0 Å². The quantitative estimate of drug-likeness (QED) is 0.613. The van der Waals surface area contributed by atoms with E-state index in [9.17, 15) is 9.59 Å². The molecule has 0 spiro atoms. The summed E-state index contributed by atoms with van der Waals surface area (Å²) in [6.45, 7) is 8.46. The number of hydrogen-bond acceptors (Lipinski definition) is 6. The van der Waals surface area contributed by atoms with Crippen LogP contribution in [0.15, 0.2) is 11.1 Å². The van der Waals surface area contributed by atoms with Gasteiger partial charge in [0.15, 0.2) is 10.6 Å². The number of nitrogens with zero attached hydrogens (tertiary/aromatic N) is 4. The molecular formula is C17H22N6O2S2. The first-order valence-electron chi connectivity index (χ1n) is 8.67.